The summed E-state index contributed by atoms with van der Waals surface area (Å²) in [6.07, 6.45) is 11.9. The summed E-state index contributed by atoms with van der Waals surface area (Å²) in [5.74, 6) is 3.48. The summed E-state index contributed by atoms with van der Waals surface area (Å²) in [5.41, 5.74) is 1.04. The second-order valence-corrected chi connectivity index (χ2v) is 8.76. The van der Waals surface area contributed by atoms with E-state index < -0.39 is 0 Å². The molecular formula is C24H41NO2S. The monoisotopic (exact) mass is 407 g/mol. The van der Waals surface area contributed by atoms with Gasteiger partial charge in [-0.15, -0.1) is 0 Å². The van der Waals surface area contributed by atoms with Crippen molar-refractivity contribution in [1.29, 1.82) is 5.26 Å². The van der Waals surface area contributed by atoms with E-state index in [1.165, 1.54) is 50.3 Å². The number of ether oxygens (including phenoxy) is 1. The topological polar surface area (TPSA) is 50.1 Å². The summed E-state index contributed by atoms with van der Waals surface area (Å²) in [4.78, 5) is 11.4. The van der Waals surface area contributed by atoms with Crippen LogP contribution in [0, 0.1) is 22.5 Å². The average Bonchev–Trinajstić information content (AvgIpc) is 2.72. The smallest absolute Gasteiger partial charge is 0.180 e. The first-order chi connectivity index (χ1) is 13.6. The molecule has 0 heterocycles. The molecule has 0 aliphatic carbocycles. The van der Waals surface area contributed by atoms with Gasteiger partial charge in [0.2, 0.25) is 0 Å². The van der Waals surface area contributed by atoms with E-state index in [0.29, 0.717) is 30.6 Å². The van der Waals surface area contributed by atoms with Gasteiger partial charge in [0.05, 0.1) is 6.61 Å². The van der Waals surface area contributed by atoms with Crippen LogP contribution in [0.3, 0.4) is 0 Å². The number of nitriles is 1. The predicted molar refractivity (Wildman–Crippen MR) is 122 cm³/mol. The van der Waals surface area contributed by atoms with Gasteiger partial charge < -0.3 is 4.74 Å². The van der Waals surface area contributed by atoms with E-state index in [-0.39, 0.29) is 5.25 Å². The van der Waals surface area contributed by atoms with Crippen molar-refractivity contribution in [2.75, 3.05) is 6.61 Å². The third-order valence-electron chi connectivity index (χ3n) is 5.59. The molecule has 160 valence electrons. The van der Waals surface area contributed by atoms with Gasteiger partial charge >= 0.3 is 0 Å². The fraction of sp³-hybridized carbons (Fsp3) is 0.792. The maximum absolute atomic E-state index is 11.4. The SMILES string of the molecule is C=C(CCC(CC)CCCC)C(CC(=C=O)OCC(CC)CCCC)SC#N. The first kappa shape index (κ1) is 26.8. The van der Waals surface area contributed by atoms with Crippen molar-refractivity contribution < 1.29 is 9.53 Å². The highest BCUT2D eigenvalue weighted by atomic mass is 32.2. The molecule has 0 rings (SSSR count). The van der Waals surface area contributed by atoms with E-state index in [1.54, 1.807) is 0 Å². The first-order valence-corrected chi connectivity index (χ1v) is 12.0. The maximum atomic E-state index is 11.4. The molecule has 0 bridgehead atoms. The number of carbonyl (C=O) groups excluding carboxylic acids is 1. The van der Waals surface area contributed by atoms with Crippen LogP contribution in [0.1, 0.15) is 98.3 Å². The van der Waals surface area contributed by atoms with Gasteiger partial charge in [-0.3, -0.25) is 0 Å². The summed E-state index contributed by atoms with van der Waals surface area (Å²) in [6, 6.07) is 0. The van der Waals surface area contributed by atoms with Gasteiger partial charge in [0.15, 0.2) is 11.7 Å². The van der Waals surface area contributed by atoms with Gasteiger partial charge in [-0.2, -0.15) is 5.26 Å². The lowest BCUT2D eigenvalue weighted by Gasteiger charge is -2.21. The Morgan fingerprint density at radius 3 is 2.14 bits per heavy atom. The Hall–Kier alpha value is -1.17. The number of thioether (sulfide) groups is 1. The summed E-state index contributed by atoms with van der Waals surface area (Å²) in [5, 5.41) is 11.3. The molecule has 0 radical (unpaired) electrons. The number of rotatable bonds is 18. The van der Waals surface area contributed by atoms with Crippen LogP contribution >= 0.6 is 11.8 Å². The molecule has 0 N–H and O–H groups in total. The third kappa shape index (κ3) is 12.3. The highest BCUT2D eigenvalue weighted by Crippen LogP contribution is 2.30. The minimum atomic E-state index is -0.0964. The van der Waals surface area contributed by atoms with Crippen molar-refractivity contribution in [3.63, 3.8) is 0 Å². The summed E-state index contributed by atoms with van der Waals surface area (Å²) in [6.45, 7) is 13.6. The third-order valence-corrected chi connectivity index (χ3v) is 6.48. The number of thiocyanates is 1. The van der Waals surface area contributed by atoms with Crippen molar-refractivity contribution in [3.8, 4) is 5.40 Å². The van der Waals surface area contributed by atoms with Gasteiger partial charge in [0.1, 0.15) is 5.40 Å². The molecule has 0 fully saturated rings. The highest BCUT2D eigenvalue weighted by molar-refractivity contribution is 8.04. The predicted octanol–water partition coefficient (Wildman–Crippen LogP) is 7.46. The molecule has 4 heteroatoms. The minimum Gasteiger partial charge on any atom is -0.486 e. The average molecular weight is 408 g/mol. The quantitative estimate of drug-likeness (QED) is 0.102. The zero-order chi connectivity index (χ0) is 21.2. The van der Waals surface area contributed by atoms with E-state index in [0.717, 1.165) is 31.3 Å². The second kappa shape index (κ2) is 17.9. The van der Waals surface area contributed by atoms with Crippen LogP contribution in [0.4, 0.5) is 0 Å². The lowest BCUT2D eigenvalue weighted by atomic mass is 9.91. The van der Waals surface area contributed by atoms with Gasteiger partial charge in [-0.25, -0.2) is 4.79 Å². The Morgan fingerprint density at radius 1 is 1.04 bits per heavy atom. The fourth-order valence-electron chi connectivity index (χ4n) is 3.34. The van der Waals surface area contributed by atoms with Crippen molar-refractivity contribution in [2.45, 2.75) is 104 Å². The van der Waals surface area contributed by atoms with Crippen LogP contribution in [0.5, 0.6) is 0 Å². The molecular weight excluding hydrogens is 366 g/mol. The highest BCUT2D eigenvalue weighted by Gasteiger charge is 2.19. The van der Waals surface area contributed by atoms with Crippen LogP contribution in [0.15, 0.2) is 17.9 Å². The lowest BCUT2D eigenvalue weighted by Crippen LogP contribution is -2.14. The van der Waals surface area contributed by atoms with Gasteiger partial charge in [0.25, 0.3) is 0 Å². The molecule has 0 aliphatic heterocycles. The Bertz CT molecular complexity index is 505. The van der Waals surface area contributed by atoms with Crippen LogP contribution in [-0.4, -0.2) is 17.8 Å². The van der Waals surface area contributed by atoms with Crippen molar-refractivity contribution >= 4 is 17.7 Å². The van der Waals surface area contributed by atoms with Crippen molar-refractivity contribution in [3.05, 3.63) is 17.9 Å². The Labute approximate surface area is 178 Å². The molecule has 3 atom stereocenters. The molecule has 0 saturated carbocycles. The molecule has 0 aromatic heterocycles. The van der Waals surface area contributed by atoms with Crippen molar-refractivity contribution in [1.82, 2.24) is 0 Å². The minimum absolute atomic E-state index is 0.0964. The van der Waals surface area contributed by atoms with Crippen LogP contribution < -0.4 is 0 Å². The molecule has 0 amide bonds. The van der Waals surface area contributed by atoms with E-state index in [4.69, 9.17) is 4.74 Å². The molecule has 0 aromatic rings. The number of allylic oxidation sites excluding steroid dienone is 1. The number of hydrogen-bond donors (Lipinski definition) is 0. The zero-order valence-corrected chi connectivity index (χ0v) is 19.4. The van der Waals surface area contributed by atoms with Crippen LogP contribution in [-0.2, 0) is 9.53 Å². The largest absolute Gasteiger partial charge is 0.486 e. The number of unbranched alkanes of at least 4 members (excludes halogenated alkanes) is 2. The molecule has 28 heavy (non-hydrogen) atoms. The molecule has 0 aromatic carbocycles. The fourth-order valence-corrected chi connectivity index (χ4v) is 3.99. The van der Waals surface area contributed by atoms with E-state index in [2.05, 4.69) is 39.7 Å². The normalized spacial score (nSPS) is 13.8. The molecule has 0 saturated heterocycles. The Balaban J connectivity index is 4.67. The Morgan fingerprint density at radius 2 is 1.64 bits per heavy atom. The van der Waals surface area contributed by atoms with Crippen LogP contribution in [0.2, 0.25) is 0 Å². The summed E-state index contributed by atoms with van der Waals surface area (Å²) < 4.78 is 5.80. The zero-order valence-electron chi connectivity index (χ0n) is 18.6. The van der Waals surface area contributed by atoms with Crippen LogP contribution in [0.25, 0.3) is 0 Å². The standard InChI is InChI=1S/C24H41NO2S/c1-6-10-12-21(8-3)15-14-20(5)24(28-19-25)16-23(17-26)27-18-22(9-4)13-11-7-2/h21-22,24H,5-16,18H2,1-4H3. The van der Waals surface area contributed by atoms with Crippen molar-refractivity contribution in [2.24, 2.45) is 11.8 Å². The first-order valence-electron chi connectivity index (χ1n) is 11.1. The van der Waals surface area contributed by atoms with E-state index in [1.807, 2.05) is 5.94 Å². The maximum Gasteiger partial charge on any atom is 0.180 e. The van der Waals surface area contributed by atoms with Gasteiger partial charge in [-0.05, 0) is 42.9 Å². The molecule has 0 spiro atoms. The second-order valence-electron chi connectivity index (χ2n) is 7.77. The number of hydrogen-bond acceptors (Lipinski definition) is 4. The molecule has 3 unspecified atom stereocenters. The Kier molecular flexibility index (Phi) is 17.1. The van der Waals surface area contributed by atoms with E-state index in [9.17, 15) is 10.1 Å². The summed E-state index contributed by atoms with van der Waals surface area (Å²) >= 11 is 1.19. The van der Waals surface area contributed by atoms with E-state index >= 15 is 0 Å². The summed E-state index contributed by atoms with van der Waals surface area (Å²) in [7, 11) is 0. The van der Waals surface area contributed by atoms with Gasteiger partial charge in [0, 0.05) is 11.7 Å². The molecule has 0 aliphatic rings. The van der Waals surface area contributed by atoms with Gasteiger partial charge in [-0.1, -0.05) is 84.8 Å². The lowest BCUT2D eigenvalue weighted by molar-refractivity contribution is 0.152. The molecule has 3 nitrogen and oxygen atoms in total. The number of nitrogens with zero attached hydrogens (tertiary/aromatic N) is 1.